The van der Waals surface area contributed by atoms with Gasteiger partial charge >= 0.3 is 5.97 Å². The number of hydrogen-bond acceptors (Lipinski definition) is 4. The summed E-state index contributed by atoms with van der Waals surface area (Å²) in [6, 6.07) is 0. The van der Waals surface area contributed by atoms with E-state index in [-0.39, 0.29) is 5.97 Å². The summed E-state index contributed by atoms with van der Waals surface area (Å²) in [5.41, 5.74) is 0.433. The van der Waals surface area contributed by atoms with Gasteiger partial charge in [-0.05, 0) is 6.92 Å². The lowest BCUT2D eigenvalue weighted by molar-refractivity contribution is -0.136. The van der Waals surface area contributed by atoms with Crippen LogP contribution in [0.15, 0.2) is 12.2 Å². The molecule has 0 rings (SSSR count). The van der Waals surface area contributed by atoms with Crippen LogP contribution in [0.2, 0.25) is 0 Å². The molecule has 5 nitrogen and oxygen atoms in total. The van der Waals surface area contributed by atoms with Crippen LogP contribution in [-0.4, -0.2) is 32.3 Å². The molecule has 0 aromatic rings. The van der Waals surface area contributed by atoms with Crippen molar-refractivity contribution in [2.45, 2.75) is 6.92 Å². The Kier molecular flexibility index (Phi) is 6.54. The Hall–Kier alpha value is -0.880. The van der Waals surface area contributed by atoms with E-state index in [1.807, 2.05) is 0 Å². The summed E-state index contributed by atoms with van der Waals surface area (Å²) in [6.45, 7) is 4.95. The van der Waals surface area contributed by atoms with Gasteiger partial charge in [-0.25, -0.2) is 4.79 Å². The monoisotopic (exact) mass is 196 g/mol. The summed E-state index contributed by atoms with van der Waals surface area (Å²) in [7, 11) is -2.34. The predicted molar refractivity (Wildman–Crippen MR) is 44.3 cm³/mol. The quantitative estimate of drug-likeness (QED) is 0.369. The summed E-state index contributed by atoms with van der Waals surface area (Å²) in [4.78, 5) is 10.2. The molecule has 12 heavy (non-hydrogen) atoms. The van der Waals surface area contributed by atoms with Crippen LogP contribution in [0, 0.1) is 0 Å². The van der Waals surface area contributed by atoms with Gasteiger partial charge in [0.2, 0.25) is 0 Å². The molecule has 0 amide bonds. The van der Waals surface area contributed by atoms with Crippen molar-refractivity contribution < 1.29 is 22.5 Å². The van der Waals surface area contributed by atoms with Crippen molar-refractivity contribution in [3.63, 3.8) is 0 Å². The SMILES string of the molecule is C=C(C)C(=O)OC.CS(=O)(=O)O. The Morgan fingerprint density at radius 3 is 1.75 bits per heavy atom. The van der Waals surface area contributed by atoms with E-state index >= 15 is 0 Å². The number of esters is 1. The molecule has 0 saturated carbocycles. The smallest absolute Gasteiger partial charge is 0.332 e. The molecule has 72 valence electrons. The maximum absolute atomic E-state index is 10.2. The summed E-state index contributed by atoms with van der Waals surface area (Å²) < 4.78 is 30.1. The highest BCUT2D eigenvalue weighted by Gasteiger charge is 1.95. The number of carbonyl (C=O) groups is 1. The fourth-order valence-electron chi connectivity index (χ4n) is 0.174. The van der Waals surface area contributed by atoms with E-state index in [9.17, 15) is 13.2 Å². The molecule has 0 heterocycles. The van der Waals surface area contributed by atoms with Gasteiger partial charge in [-0.3, -0.25) is 4.55 Å². The number of ether oxygens (including phenoxy) is 1. The van der Waals surface area contributed by atoms with Gasteiger partial charge in [0, 0.05) is 5.57 Å². The summed E-state index contributed by atoms with van der Waals surface area (Å²) >= 11 is 0. The first-order valence-corrected chi connectivity index (χ1v) is 4.69. The van der Waals surface area contributed by atoms with Crippen molar-refractivity contribution in [1.29, 1.82) is 0 Å². The highest BCUT2D eigenvalue weighted by molar-refractivity contribution is 7.85. The molecule has 1 N–H and O–H groups in total. The molecule has 0 bridgehead atoms. The Labute approximate surface area is 71.8 Å². The van der Waals surface area contributed by atoms with Gasteiger partial charge in [-0.2, -0.15) is 8.42 Å². The van der Waals surface area contributed by atoms with Gasteiger partial charge in [0.25, 0.3) is 10.1 Å². The van der Waals surface area contributed by atoms with E-state index in [4.69, 9.17) is 4.55 Å². The van der Waals surface area contributed by atoms with Crippen molar-refractivity contribution >= 4 is 16.1 Å². The lowest BCUT2D eigenvalue weighted by Crippen LogP contribution is -1.98. The third kappa shape index (κ3) is 22.9. The highest BCUT2D eigenvalue weighted by atomic mass is 32.2. The normalized spacial score (nSPS) is 9.33. The van der Waals surface area contributed by atoms with Crippen LogP contribution in [0.25, 0.3) is 0 Å². The van der Waals surface area contributed by atoms with Gasteiger partial charge in [-0.15, -0.1) is 0 Å². The predicted octanol–water partition coefficient (Wildman–Crippen LogP) is 0.240. The number of rotatable bonds is 1. The van der Waals surface area contributed by atoms with Crippen molar-refractivity contribution in [3.8, 4) is 0 Å². The van der Waals surface area contributed by atoms with Gasteiger partial charge in [-0.1, -0.05) is 6.58 Å². The molecular formula is C6H12O5S. The average molecular weight is 196 g/mol. The van der Waals surface area contributed by atoms with Gasteiger partial charge < -0.3 is 4.74 Å². The summed E-state index contributed by atoms with van der Waals surface area (Å²) in [5, 5.41) is 0. The topological polar surface area (TPSA) is 80.7 Å². The molecular weight excluding hydrogens is 184 g/mol. The second-order valence-corrected chi connectivity index (χ2v) is 3.47. The summed E-state index contributed by atoms with van der Waals surface area (Å²) in [6.07, 6.45) is 0.715. The Bertz CT molecular complexity index is 243. The Morgan fingerprint density at radius 2 is 1.75 bits per heavy atom. The Morgan fingerprint density at radius 1 is 1.50 bits per heavy atom. The third-order valence-electron chi connectivity index (χ3n) is 0.534. The number of carbonyl (C=O) groups excluding carboxylic acids is 1. The van der Waals surface area contributed by atoms with Crippen molar-refractivity contribution in [2.75, 3.05) is 13.4 Å². The van der Waals surface area contributed by atoms with E-state index in [1.54, 1.807) is 6.92 Å². The maximum atomic E-state index is 10.2. The molecule has 0 unspecified atom stereocenters. The second kappa shape index (κ2) is 5.73. The van der Waals surface area contributed by atoms with Gasteiger partial charge in [0.1, 0.15) is 0 Å². The van der Waals surface area contributed by atoms with Crippen molar-refractivity contribution in [2.24, 2.45) is 0 Å². The van der Waals surface area contributed by atoms with Crippen LogP contribution in [0.1, 0.15) is 6.92 Å². The molecule has 0 atom stereocenters. The molecule has 0 saturated heterocycles. The summed E-state index contributed by atoms with van der Waals surface area (Å²) in [5.74, 6) is -0.347. The van der Waals surface area contributed by atoms with Gasteiger partial charge in [0.05, 0.1) is 13.4 Å². The minimum atomic E-state index is -3.67. The van der Waals surface area contributed by atoms with E-state index < -0.39 is 10.1 Å². The van der Waals surface area contributed by atoms with E-state index in [0.29, 0.717) is 11.8 Å². The fraction of sp³-hybridized carbons (Fsp3) is 0.500. The number of hydrogen-bond donors (Lipinski definition) is 1. The van der Waals surface area contributed by atoms with Crippen LogP contribution >= 0.6 is 0 Å². The highest BCUT2D eigenvalue weighted by Crippen LogP contribution is 1.87. The molecule has 0 fully saturated rings. The maximum Gasteiger partial charge on any atom is 0.332 e. The zero-order chi connectivity index (χ0) is 10.4. The van der Waals surface area contributed by atoms with Crippen LogP contribution in [0.4, 0.5) is 0 Å². The largest absolute Gasteiger partial charge is 0.466 e. The minimum Gasteiger partial charge on any atom is -0.466 e. The zero-order valence-corrected chi connectivity index (χ0v) is 8.01. The van der Waals surface area contributed by atoms with Crippen molar-refractivity contribution in [3.05, 3.63) is 12.2 Å². The van der Waals surface area contributed by atoms with E-state index in [1.165, 1.54) is 7.11 Å². The van der Waals surface area contributed by atoms with Crippen LogP contribution in [-0.2, 0) is 19.6 Å². The van der Waals surface area contributed by atoms with Crippen LogP contribution in [0.3, 0.4) is 0 Å². The third-order valence-corrected chi connectivity index (χ3v) is 0.534. The fourth-order valence-corrected chi connectivity index (χ4v) is 0.174. The molecule has 0 aliphatic carbocycles. The van der Waals surface area contributed by atoms with Crippen LogP contribution < -0.4 is 0 Å². The molecule has 6 heteroatoms. The lowest BCUT2D eigenvalue weighted by Gasteiger charge is -1.91. The molecule has 0 aromatic carbocycles. The molecule has 0 radical (unpaired) electrons. The molecule has 0 aliphatic rings. The number of methoxy groups -OCH3 is 1. The first kappa shape index (κ1) is 13.7. The molecule has 0 aromatic heterocycles. The van der Waals surface area contributed by atoms with Crippen molar-refractivity contribution in [1.82, 2.24) is 0 Å². The second-order valence-electron chi connectivity index (χ2n) is 2.00. The first-order chi connectivity index (χ1) is 5.18. The molecule has 0 spiro atoms. The van der Waals surface area contributed by atoms with E-state index in [0.717, 1.165) is 0 Å². The minimum absolute atomic E-state index is 0.347. The Balaban J connectivity index is 0. The standard InChI is InChI=1S/C5H8O2.CH4O3S/c1-4(2)5(6)7-3;1-5(2,3)4/h1H2,2-3H3;1H3,(H,2,3,4). The average Bonchev–Trinajstić information content (AvgIpc) is 1.82. The molecule has 0 aliphatic heterocycles. The van der Waals surface area contributed by atoms with E-state index in [2.05, 4.69) is 11.3 Å². The van der Waals surface area contributed by atoms with Gasteiger partial charge in [0.15, 0.2) is 0 Å². The first-order valence-electron chi connectivity index (χ1n) is 2.84. The lowest BCUT2D eigenvalue weighted by atomic mass is 10.4. The zero-order valence-electron chi connectivity index (χ0n) is 7.20. The van der Waals surface area contributed by atoms with Crippen LogP contribution in [0.5, 0.6) is 0 Å².